The summed E-state index contributed by atoms with van der Waals surface area (Å²) in [6.45, 7) is 0.428. The first-order chi connectivity index (χ1) is 13.1. The molecule has 0 aliphatic heterocycles. The van der Waals surface area contributed by atoms with Gasteiger partial charge in [-0.3, -0.25) is 10.00 Å². The molecule has 9 heteroatoms. The van der Waals surface area contributed by atoms with Crippen LogP contribution >= 0.6 is 11.6 Å². The molecule has 3 aromatic heterocycles. The molecule has 27 heavy (non-hydrogen) atoms. The van der Waals surface area contributed by atoms with Gasteiger partial charge in [-0.1, -0.05) is 23.7 Å². The summed E-state index contributed by atoms with van der Waals surface area (Å²) in [5, 5.41) is 7.90. The summed E-state index contributed by atoms with van der Waals surface area (Å²) in [6, 6.07) is 7.79. The van der Waals surface area contributed by atoms with Crippen LogP contribution < -0.4 is 10.1 Å². The second kappa shape index (κ2) is 7.08. The lowest BCUT2D eigenvalue weighted by molar-refractivity contribution is 0.215. The number of fused-ring (bicyclic) bond motifs is 1. The van der Waals surface area contributed by atoms with Gasteiger partial charge in [-0.25, -0.2) is 14.2 Å². The van der Waals surface area contributed by atoms with Crippen LogP contribution in [0.1, 0.15) is 5.56 Å². The van der Waals surface area contributed by atoms with Crippen LogP contribution in [0.25, 0.3) is 11.0 Å². The lowest BCUT2D eigenvalue weighted by Gasteiger charge is -2.04. The molecule has 0 spiro atoms. The van der Waals surface area contributed by atoms with E-state index in [0.29, 0.717) is 28.3 Å². The van der Waals surface area contributed by atoms with Crippen LogP contribution in [0.5, 0.6) is 5.75 Å². The Kier molecular flexibility index (Phi) is 4.47. The number of benzene rings is 1. The van der Waals surface area contributed by atoms with Gasteiger partial charge in [-0.05, 0) is 23.8 Å². The highest BCUT2D eigenvalue weighted by molar-refractivity contribution is 6.31. The molecule has 0 saturated carbocycles. The molecule has 0 fully saturated rings. The van der Waals surface area contributed by atoms with Gasteiger partial charge in [0.25, 0.3) is 0 Å². The molecule has 7 nitrogen and oxygen atoms in total. The number of hydrogen-bond acceptors (Lipinski definition) is 4. The topological polar surface area (TPSA) is 84.8 Å². The SMILES string of the molecule is O=C(Nc1c[nH]c2ncc(Cl)cc12)Oc1cnn(Cc2ccc(F)cc2)c1. The molecule has 1 amide bonds. The maximum absolute atomic E-state index is 12.9. The fraction of sp³-hybridized carbons (Fsp3) is 0.0556. The third-order valence-corrected chi connectivity index (χ3v) is 4.02. The average molecular weight is 386 g/mol. The Morgan fingerprint density at radius 2 is 2.11 bits per heavy atom. The summed E-state index contributed by atoms with van der Waals surface area (Å²) >= 11 is 5.94. The average Bonchev–Trinajstić information content (AvgIpc) is 3.24. The molecular formula is C18H13ClFN5O2. The van der Waals surface area contributed by atoms with Crippen molar-refractivity contribution in [3.05, 3.63) is 71.5 Å². The Labute approximate surface area is 157 Å². The molecule has 2 N–H and O–H groups in total. The second-order valence-electron chi connectivity index (χ2n) is 5.77. The number of ether oxygens (including phenoxy) is 1. The molecule has 0 aliphatic rings. The highest BCUT2D eigenvalue weighted by atomic mass is 35.5. The van der Waals surface area contributed by atoms with Gasteiger partial charge in [0.2, 0.25) is 0 Å². The molecule has 0 unspecified atom stereocenters. The predicted octanol–water partition coefficient (Wildman–Crippen LogP) is 4.21. The van der Waals surface area contributed by atoms with Crippen LogP contribution in [-0.2, 0) is 6.54 Å². The number of carbonyl (C=O) groups is 1. The lowest BCUT2D eigenvalue weighted by atomic mass is 10.2. The number of nitrogens with one attached hydrogen (secondary N) is 2. The number of H-pyrrole nitrogens is 1. The van der Waals surface area contributed by atoms with Crippen molar-refractivity contribution in [3.8, 4) is 5.75 Å². The number of amides is 1. The standard InChI is InChI=1S/C18H13ClFN5O2/c19-12-5-15-16(8-22-17(15)21-6-12)24-18(26)27-14-7-23-25(10-14)9-11-1-3-13(20)4-2-11/h1-8,10H,9H2,(H,21,22)(H,24,26). The molecule has 0 saturated heterocycles. The summed E-state index contributed by atoms with van der Waals surface area (Å²) in [5.41, 5.74) is 1.98. The zero-order valence-electron chi connectivity index (χ0n) is 13.8. The molecule has 1 aromatic carbocycles. The first-order valence-corrected chi connectivity index (χ1v) is 8.33. The number of rotatable bonds is 4. The van der Waals surface area contributed by atoms with E-state index < -0.39 is 6.09 Å². The van der Waals surface area contributed by atoms with Crippen molar-refractivity contribution in [2.45, 2.75) is 6.54 Å². The number of halogens is 2. The van der Waals surface area contributed by atoms with Crippen LogP contribution in [0.3, 0.4) is 0 Å². The van der Waals surface area contributed by atoms with Crippen LogP contribution in [-0.4, -0.2) is 25.8 Å². The normalized spacial score (nSPS) is 10.9. The van der Waals surface area contributed by atoms with Gasteiger partial charge in [0.05, 0.1) is 29.6 Å². The van der Waals surface area contributed by atoms with E-state index in [4.69, 9.17) is 16.3 Å². The van der Waals surface area contributed by atoms with E-state index in [1.165, 1.54) is 24.5 Å². The smallest absolute Gasteiger partial charge is 0.407 e. The van der Waals surface area contributed by atoms with Crippen LogP contribution in [0.15, 0.2) is 55.1 Å². The van der Waals surface area contributed by atoms with Crippen molar-refractivity contribution in [2.75, 3.05) is 5.32 Å². The molecule has 4 aromatic rings. The van der Waals surface area contributed by atoms with E-state index in [1.54, 1.807) is 35.3 Å². The molecule has 136 valence electrons. The van der Waals surface area contributed by atoms with E-state index in [-0.39, 0.29) is 11.6 Å². The van der Waals surface area contributed by atoms with Gasteiger partial charge in [0.1, 0.15) is 11.5 Å². The van der Waals surface area contributed by atoms with Crippen LogP contribution in [0.4, 0.5) is 14.9 Å². The Bertz CT molecular complexity index is 1110. The Morgan fingerprint density at radius 1 is 1.30 bits per heavy atom. The second-order valence-corrected chi connectivity index (χ2v) is 6.20. The molecule has 0 atom stereocenters. The van der Waals surface area contributed by atoms with Gasteiger partial charge >= 0.3 is 6.09 Å². The largest absolute Gasteiger partial charge is 0.417 e. The number of aromatic nitrogens is 4. The van der Waals surface area contributed by atoms with Crippen LogP contribution in [0.2, 0.25) is 5.02 Å². The van der Waals surface area contributed by atoms with Crippen molar-refractivity contribution in [3.63, 3.8) is 0 Å². The number of pyridine rings is 1. The third-order valence-electron chi connectivity index (χ3n) is 3.81. The molecule has 0 radical (unpaired) electrons. The van der Waals surface area contributed by atoms with Gasteiger partial charge < -0.3 is 9.72 Å². The number of nitrogens with zero attached hydrogens (tertiary/aromatic N) is 3. The molecule has 3 heterocycles. The first kappa shape index (κ1) is 17.0. The summed E-state index contributed by atoms with van der Waals surface area (Å²) in [4.78, 5) is 19.2. The molecule has 0 aliphatic carbocycles. The quantitative estimate of drug-likeness (QED) is 0.551. The predicted molar refractivity (Wildman–Crippen MR) is 98.5 cm³/mol. The maximum atomic E-state index is 12.9. The van der Waals surface area contributed by atoms with Crippen molar-refractivity contribution in [1.82, 2.24) is 19.7 Å². The minimum absolute atomic E-state index is 0.283. The van der Waals surface area contributed by atoms with Crippen LogP contribution in [0, 0.1) is 5.82 Å². The van der Waals surface area contributed by atoms with Crippen molar-refractivity contribution in [2.24, 2.45) is 0 Å². The highest BCUT2D eigenvalue weighted by Crippen LogP contribution is 2.24. The van der Waals surface area contributed by atoms with E-state index >= 15 is 0 Å². The fourth-order valence-electron chi connectivity index (χ4n) is 2.58. The lowest BCUT2D eigenvalue weighted by Crippen LogP contribution is -2.16. The van der Waals surface area contributed by atoms with Gasteiger partial charge in [0.15, 0.2) is 5.75 Å². The minimum Gasteiger partial charge on any atom is -0.407 e. The van der Waals surface area contributed by atoms with Crippen molar-refractivity contribution in [1.29, 1.82) is 0 Å². The fourth-order valence-corrected chi connectivity index (χ4v) is 2.74. The van der Waals surface area contributed by atoms with Gasteiger partial charge in [-0.2, -0.15) is 5.10 Å². The monoisotopic (exact) mass is 385 g/mol. The molecular weight excluding hydrogens is 373 g/mol. The first-order valence-electron chi connectivity index (χ1n) is 7.95. The third kappa shape index (κ3) is 3.90. The van der Waals surface area contributed by atoms with Crippen molar-refractivity contribution >= 4 is 34.4 Å². The van der Waals surface area contributed by atoms with E-state index in [2.05, 4.69) is 20.4 Å². The highest BCUT2D eigenvalue weighted by Gasteiger charge is 2.12. The number of carbonyl (C=O) groups excluding carboxylic acids is 1. The number of anilines is 1. The van der Waals surface area contributed by atoms with Gasteiger partial charge in [0, 0.05) is 17.8 Å². The van der Waals surface area contributed by atoms with Crippen molar-refractivity contribution < 1.29 is 13.9 Å². The molecule has 0 bridgehead atoms. The Balaban J connectivity index is 1.41. The summed E-state index contributed by atoms with van der Waals surface area (Å²) in [6.07, 6.45) is 5.45. The Hall–Kier alpha value is -3.39. The zero-order valence-corrected chi connectivity index (χ0v) is 14.6. The zero-order chi connectivity index (χ0) is 18.8. The molecule has 4 rings (SSSR count). The van der Waals surface area contributed by atoms with E-state index in [9.17, 15) is 9.18 Å². The number of hydrogen-bond donors (Lipinski definition) is 2. The summed E-state index contributed by atoms with van der Waals surface area (Å²) < 4.78 is 19.8. The van der Waals surface area contributed by atoms with Gasteiger partial charge in [-0.15, -0.1) is 0 Å². The maximum Gasteiger partial charge on any atom is 0.417 e. The summed E-state index contributed by atoms with van der Waals surface area (Å²) in [5.74, 6) is -0.0145. The number of aromatic amines is 1. The Morgan fingerprint density at radius 3 is 2.93 bits per heavy atom. The van der Waals surface area contributed by atoms with E-state index in [0.717, 1.165) is 5.56 Å². The van der Waals surface area contributed by atoms with E-state index in [1.807, 2.05) is 0 Å². The summed E-state index contributed by atoms with van der Waals surface area (Å²) in [7, 11) is 0. The minimum atomic E-state index is -0.669.